The number of hydrogen-bond donors (Lipinski definition) is 0. The molecule has 0 bridgehead atoms. The summed E-state index contributed by atoms with van der Waals surface area (Å²) in [7, 11) is 2.17. The van der Waals surface area contributed by atoms with E-state index in [0.717, 1.165) is 12.8 Å². The summed E-state index contributed by atoms with van der Waals surface area (Å²) >= 11 is 0. The van der Waals surface area contributed by atoms with Crippen molar-refractivity contribution >= 4 is 11.8 Å². The van der Waals surface area contributed by atoms with Crippen LogP contribution in [0.5, 0.6) is 0 Å². The Labute approximate surface area is 96.4 Å². The Kier molecular flexibility index (Phi) is 2.17. The van der Waals surface area contributed by atoms with Crippen molar-refractivity contribution in [3.8, 4) is 0 Å². The maximum absolute atomic E-state index is 2.33. The van der Waals surface area contributed by atoms with Gasteiger partial charge in [0.15, 0.2) is 0 Å². The molecule has 1 aliphatic heterocycles. The number of allylic oxidation sites excluding steroid dienone is 5. The third kappa shape index (κ3) is 1.40. The van der Waals surface area contributed by atoms with Crippen LogP contribution in [0.15, 0.2) is 53.8 Å². The fourth-order valence-corrected chi connectivity index (χ4v) is 2.44. The highest BCUT2D eigenvalue weighted by Gasteiger charge is 2.16. The Hall–Kier alpha value is -1.76. The van der Waals surface area contributed by atoms with E-state index in [-0.39, 0.29) is 0 Å². The number of para-hydroxylation sites is 1. The number of anilines is 1. The lowest BCUT2D eigenvalue weighted by molar-refractivity contribution is 0.886. The van der Waals surface area contributed by atoms with E-state index < -0.39 is 0 Å². The summed E-state index contributed by atoms with van der Waals surface area (Å²) < 4.78 is 0. The zero-order valence-corrected chi connectivity index (χ0v) is 9.48. The molecule has 0 atom stereocenters. The SMILES string of the molecule is CN1C2=C(C=CCC2)C=Cc2ccccc21. The van der Waals surface area contributed by atoms with Gasteiger partial charge in [-0.2, -0.15) is 0 Å². The van der Waals surface area contributed by atoms with Gasteiger partial charge in [-0.05, 0) is 30.0 Å². The largest absolute Gasteiger partial charge is 0.347 e. The Balaban J connectivity index is 2.17. The van der Waals surface area contributed by atoms with E-state index in [1.807, 2.05) is 0 Å². The first-order valence-electron chi connectivity index (χ1n) is 5.77. The molecule has 1 aromatic carbocycles. The monoisotopic (exact) mass is 209 g/mol. The summed E-state index contributed by atoms with van der Waals surface area (Å²) in [6.07, 6.45) is 11.2. The first kappa shape index (κ1) is 9.46. The van der Waals surface area contributed by atoms with E-state index in [1.54, 1.807) is 0 Å². The van der Waals surface area contributed by atoms with Crippen LogP contribution >= 0.6 is 0 Å². The third-order valence-corrected chi connectivity index (χ3v) is 3.32. The van der Waals surface area contributed by atoms with Crippen LogP contribution in [0, 0.1) is 0 Å². The third-order valence-electron chi connectivity index (χ3n) is 3.32. The molecule has 0 spiro atoms. The van der Waals surface area contributed by atoms with Gasteiger partial charge >= 0.3 is 0 Å². The molecular formula is C15H15N. The van der Waals surface area contributed by atoms with Crippen LogP contribution in [-0.2, 0) is 0 Å². The van der Waals surface area contributed by atoms with Gasteiger partial charge in [-0.1, -0.05) is 42.5 Å². The van der Waals surface area contributed by atoms with Crippen molar-refractivity contribution in [3.05, 3.63) is 59.3 Å². The first-order chi connectivity index (χ1) is 7.86. The van der Waals surface area contributed by atoms with Gasteiger partial charge in [-0.25, -0.2) is 0 Å². The van der Waals surface area contributed by atoms with E-state index in [4.69, 9.17) is 0 Å². The average Bonchev–Trinajstić information content (AvgIpc) is 2.49. The molecular weight excluding hydrogens is 194 g/mol. The van der Waals surface area contributed by atoms with Gasteiger partial charge in [-0.3, -0.25) is 0 Å². The smallest absolute Gasteiger partial charge is 0.0479 e. The molecule has 1 nitrogen and oxygen atoms in total. The highest BCUT2D eigenvalue weighted by molar-refractivity contribution is 5.74. The minimum atomic E-state index is 1.14. The molecule has 1 heteroatoms. The lowest BCUT2D eigenvalue weighted by Gasteiger charge is -2.26. The van der Waals surface area contributed by atoms with Crippen molar-refractivity contribution in [2.24, 2.45) is 0 Å². The van der Waals surface area contributed by atoms with E-state index in [0.29, 0.717) is 0 Å². The number of rotatable bonds is 0. The Bertz CT molecular complexity index is 506. The summed E-state index contributed by atoms with van der Waals surface area (Å²) in [5.74, 6) is 0. The summed E-state index contributed by atoms with van der Waals surface area (Å²) in [5.41, 5.74) is 5.39. The molecule has 0 unspecified atom stereocenters. The van der Waals surface area contributed by atoms with Crippen LogP contribution in [0.25, 0.3) is 6.08 Å². The zero-order valence-electron chi connectivity index (χ0n) is 9.48. The topological polar surface area (TPSA) is 3.24 Å². The molecule has 0 aromatic heterocycles. The Morgan fingerprint density at radius 1 is 1.06 bits per heavy atom. The van der Waals surface area contributed by atoms with Crippen LogP contribution in [0.3, 0.4) is 0 Å². The average molecular weight is 209 g/mol. The van der Waals surface area contributed by atoms with Gasteiger partial charge in [0.1, 0.15) is 0 Å². The number of fused-ring (bicyclic) bond motifs is 1. The van der Waals surface area contributed by atoms with Crippen LogP contribution in [0.2, 0.25) is 0 Å². The Morgan fingerprint density at radius 2 is 1.94 bits per heavy atom. The van der Waals surface area contributed by atoms with Crippen molar-refractivity contribution < 1.29 is 0 Å². The van der Waals surface area contributed by atoms with Gasteiger partial charge in [0.2, 0.25) is 0 Å². The number of nitrogens with zero attached hydrogens (tertiary/aromatic N) is 1. The molecule has 0 radical (unpaired) electrons. The molecule has 16 heavy (non-hydrogen) atoms. The minimum Gasteiger partial charge on any atom is -0.347 e. The summed E-state index contributed by atoms with van der Waals surface area (Å²) in [4.78, 5) is 2.33. The molecule has 1 aromatic rings. The normalized spacial score (nSPS) is 18.2. The quantitative estimate of drug-likeness (QED) is 0.629. The molecule has 2 aliphatic rings. The van der Waals surface area contributed by atoms with Crippen molar-refractivity contribution in [2.45, 2.75) is 12.8 Å². The molecule has 0 fully saturated rings. The molecule has 1 heterocycles. The van der Waals surface area contributed by atoms with Gasteiger partial charge < -0.3 is 4.90 Å². The lowest BCUT2D eigenvalue weighted by Crippen LogP contribution is -2.18. The van der Waals surface area contributed by atoms with Crippen molar-refractivity contribution in [2.75, 3.05) is 11.9 Å². The second kappa shape index (κ2) is 3.67. The second-order valence-corrected chi connectivity index (χ2v) is 4.29. The molecule has 1 aliphatic carbocycles. The van der Waals surface area contributed by atoms with Crippen LogP contribution in [0.1, 0.15) is 18.4 Å². The molecule has 0 N–H and O–H groups in total. The predicted octanol–water partition coefficient (Wildman–Crippen LogP) is 3.75. The molecule has 3 rings (SSSR count). The van der Waals surface area contributed by atoms with Crippen molar-refractivity contribution in [3.63, 3.8) is 0 Å². The van der Waals surface area contributed by atoms with E-state index in [1.165, 1.54) is 22.5 Å². The fraction of sp³-hybridized carbons (Fsp3) is 0.200. The fourth-order valence-electron chi connectivity index (χ4n) is 2.44. The van der Waals surface area contributed by atoms with Crippen LogP contribution in [-0.4, -0.2) is 7.05 Å². The summed E-state index contributed by atoms with van der Waals surface area (Å²) in [6, 6.07) is 8.56. The molecule has 80 valence electrons. The molecule has 0 saturated heterocycles. The summed E-state index contributed by atoms with van der Waals surface area (Å²) in [6.45, 7) is 0. The molecule has 0 amide bonds. The van der Waals surface area contributed by atoms with Crippen LogP contribution < -0.4 is 4.90 Å². The number of hydrogen-bond acceptors (Lipinski definition) is 1. The van der Waals surface area contributed by atoms with Crippen molar-refractivity contribution in [1.82, 2.24) is 0 Å². The van der Waals surface area contributed by atoms with Gasteiger partial charge in [0.25, 0.3) is 0 Å². The van der Waals surface area contributed by atoms with Gasteiger partial charge in [0, 0.05) is 18.4 Å². The zero-order chi connectivity index (χ0) is 11.0. The van der Waals surface area contributed by atoms with E-state index >= 15 is 0 Å². The summed E-state index contributed by atoms with van der Waals surface area (Å²) in [5, 5.41) is 0. The predicted molar refractivity (Wildman–Crippen MR) is 69.3 cm³/mol. The lowest BCUT2D eigenvalue weighted by atomic mass is 10.0. The van der Waals surface area contributed by atoms with Gasteiger partial charge in [0.05, 0.1) is 0 Å². The molecule has 0 saturated carbocycles. The standard InChI is InChI=1S/C15H15N/c1-16-14-8-4-2-6-12(14)10-11-13-7-3-5-9-15(13)16/h2-4,6-8,10-11H,5,9H2,1H3. The van der Waals surface area contributed by atoms with E-state index in [2.05, 4.69) is 60.5 Å². The Morgan fingerprint density at radius 3 is 2.88 bits per heavy atom. The number of benzene rings is 1. The maximum atomic E-state index is 2.33. The van der Waals surface area contributed by atoms with E-state index in [9.17, 15) is 0 Å². The van der Waals surface area contributed by atoms with Crippen molar-refractivity contribution in [1.29, 1.82) is 0 Å². The highest BCUT2D eigenvalue weighted by Crippen LogP contribution is 2.33. The second-order valence-electron chi connectivity index (χ2n) is 4.29. The highest BCUT2D eigenvalue weighted by atomic mass is 15.1. The van der Waals surface area contributed by atoms with Gasteiger partial charge in [-0.15, -0.1) is 0 Å². The minimum absolute atomic E-state index is 1.14. The maximum Gasteiger partial charge on any atom is 0.0479 e. The van der Waals surface area contributed by atoms with Crippen LogP contribution in [0.4, 0.5) is 5.69 Å². The first-order valence-corrected chi connectivity index (χ1v) is 5.77.